The van der Waals surface area contributed by atoms with E-state index >= 15 is 0 Å². The van der Waals surface area contributed by atoms with Crippen molar-refractivity contribution in [3.63, 3.8) is 0 Å². The number of hydrogen-bond donors (Lipinski definition) is 1. The third-order valence-corrected chi connectivity index (χ3v) is 4.94. The van der Waals surface area contributed by atoms with Gasteiger partial charge in [-0.3, -0.25) is 0 Å². The minimum Gasteiger partial charge on any atom is -0.392 e. The second kappa shape index (κ2) is 5.66. The van der Waals surface area contributed by atoms with E-state index in [4.69, 9.17) is 0 Å². The number of benzene rings is 1. The van der Waals surface area contributed by atoms with Crippen LogP contribution >= 0.6 is 0 Å². The van der Waals surface area contributed by atoms with Gasteiger partial charge in [0.25, 0.3) is 0 Å². The molecule has 1 aromatic carbocycles. The van der Waals surface area contributed by atoms with E-state index in [9.17, 15) is 5.11 Å². The molecule has 0 aliphatic heterocycles. The minimum atomic E-state index is -0.216. The fraction of sp³-hybridized carbons (Fsp3) is 0.667. The molecule has 2 rings (SSSR count). The van der Waals surface area contributed by atoms with E-state index in [2.05, 4.69) is 52.0 Å². The van der Waals surface area contributed by atoms with E-state index in [1.807, 2.05) is 0 Å². The van der Waals surface area contributed by atoms with Gasteiger partial charge in [0.15, 0.2) is 0 Å². The molecule has 1 fully saturated rings. The van der Waals surface area contributed by atoms with Crippen molar-refractivity contribution < 1.29 is 5.11 Å². The molecule has 1 nitrogen and oxygen atoms in total. The van der Waals surface area contributed by atoms with Crippen molar-refractivity contribution in [1.82, 2.24) is 0 Å². The molecule has 1 aliphatic carbocycles. The molecule has 0 spiro atoms. The molecule has 106 valence electrons. The Labute approximate surface area is 118 Å². The first kappa shape index (κ1) is 14.6. The summed E-state index contributed by atoms with van der Waals surface area (Å²) in [6.07, 6.45) is 4.39. The van der Waals surface area contributed by atoms with Crippen molar-refractivity contribution >= 4 is 0 Å². The van der Waals surface area contributed by atoms with Gasteiger partial charge in [-0.25, -0.2) is 0 Å². The van der Waals surface area contributed by atoms with Gasteiger partial charge < -0.3 is 5.11 Å². The van der Waals surface area contributed by atoms with Crippen LogP contribution in [0, 0.1) is 24.2 Å². The summed E-state index contributed by atoms with van der Waals surface area (Å²) in [6.45, 7) is 9.08. The Morgan fingerprint density at radius 2 is 2.11 bits per heavy atom. The zero-order valence-corrected chi connectivity index (χ0v) is 12.8. The van der Waals surface area contributed by atoms with Crippen LogP contribution < -0.4 is 0 Å². The quantitative estimate of drug-likeness (QED) is 0.856. The van der Waals surface area contributed by atoms with Gasteiger partial charge in [0.1, 0.15) is 0 Å². The van der Waals surface area contributed by atoms with Gasteiger partial charge in [-0.15, -0.1) is 0 Å². The Bertz CT molecular complexity index is 421. The molecule has 0 bridgehead atoms. The maximum atomic E-state index is 10.7. The normalized spacial score (nSPS) is 28.1. The first-order chi connectivity index (χ1) is 8.90. The first-order valence-corrected chi connectivity index (χ1v) is 7.64. The molecular formula is C18H28O. The van der Waals surface area contributed by atoms with Crippen molar-refractivity contribution in [2.75, 3.05) is 0 Å². The van der Waals surface area contributed by atoms with Crippen molar-refractivity contribution in [1.29, 1.82) is 0 Å². The molecule has 3 atom stereocenters. The van der Waals surface area contributed by atoms with E-state index in [-0.39, 0.29) is 11.5 Å². The summed E-state index contributed by atoms with van der Waals surface area (Å²) in [6, 6.07) is 8.54. The zero-order valence-electron chi connectivity index (χ0n) is 12.8. The third-order valence-electron chi connectivity index (χ3n) is 4.94. The molecule has 0 radical (unpaired) electrons. The van der Waals surface area contributed by atoms with E-state index in [0.29, 0.717) is 11.8 Å². The summed E-state index contributed by atoms with van der Waals surface area (Å²) >= 11 is 0. The Morgan fingerprint density at radius 3 is 2.74 bits per heavy atom. The van der Waals surface area contributed by atoms with E-state index in [1.54, 1.807) is 0 Å². The van der Waals surface area contributed by atoms with Crippen molar-refractivity contribution in [2.45, 2.75) is 59.5 Å². The molecule has 0 amide bonds. The summed E-state index contributed by atoms with van der Waals surface area (Å²) in [5.41, 5.74) is 2.81. The van der Waals surface area contributed by atoms with Crippen LogP contribution in [-0.2, 0) is 6.42 Å². The highest BCUT2D eigenvalue weighted by atomic mass is 16.3. The van der Waals surface area contributed by atoms with E-state index in [1.165, 1.54) is 30.4 Å². The van der Waals surface area contributed by atoms with E-state index in [0.717, 1.165) is 6.42 Å². The van der Waals surface area contributed by atoms with Gasteiger partial charge in [-0.05, 0) is 42.6 Å². The highest BCUT2D eigenvalue weighted by molar-refractivity contribution is 5.23. The summed E-state index contributed by atoms with van der Waals surface area (Å²) in [5, 5.41) is 10.7. The maximum Gasteiger partial charge on any atom is 0.0616 e. The predicted octanol–water partition coefficient (Wildman–Crippen LogP) is 4.36. The van der Waals surface area contributed by atoms with E-state index < -0.39 is 0 Å². The Morgan fingerprint density at radius 1 is 1.37 bits per heavy atom. The minimum absolute atomic E-state index is 0.216. The van der Waals surface area contributed by atoms with Crippen molar-refractivity contribution in [3.05, 3.63) is 35.4 Å². The maximum absolute atomic E-state index is 10.7. The van der Waals surface area contributed by atoms with Crippen molar-refractivity contribution in [3.8, 4) is 0 Å². The lowest BCUT2D eigenvalue weighted by Gasteiger charge is -2.45. The summed E-state index contributed by atoms with van der Waals surface area (Å²) in [4.78, 5) is 0. The number of aliphatic hydroxyl groups is 1. The van der Waals surface area contributed by atoms with Gasteiger partial charge in [0, 0.05) is 0 Å². The SMILES string of the molecule is Cc1cccc(CC(O)[C@@H]2[C@@H](C)CCCC2(C)C)c1. The lowest BCUT2D eigenvalue weighted by atomic mass is 9.61. The van der Waals surface area contributed by atoms with Crippen LogP contribution in [0.3, 0.4) is 0 Å². The molecule has 0 aromatic heterocycles. The standard InChI is InChI=1S/C18H28O/c1-13-7-5-9-15(11-13)12-16(19)17-14(2)8-6-10-18(17,3)4/h5,7,9,11,14,16-17,19H,6,8,10,12H2,1-4H3/t14-,16?,17-/m0/s1. The van der Waals surface area contributed by atoms with Gasteiger partial charge in [0.2, 0.25) is 0 Å². The van der Waals surface area contributed by atoms with Crippen LogP contribution in [0.1, 0.15) is 51.2 Å². The summed E-state index contributed by atoms with van der Waals surface area (Å²) in [7, 11) is 0. The monoisotopic (exact) mass is 260 g/mol. The Balaban J connectivity index is 2.11. The molecule has 1 N–H and O–H groups in total. The molecule has 1 heteroatoms. The molecule has 0 heterocycles. The summed E-state index contributed by atoms with van der Waals surface area (Å²) < 4.78 is 0. The largest absolute Gasteiger partial charge is 0.392 e. The lowest BCUT2D eigenvalue weighted by molar-refractivity contribution is -0.0269. The molecule has 1 unspecified atom stereocenters. The fourth-order valence-corrected chi connectivity index (χ4v) is 4.10. The van der Waals surface area contributed by atoms with Crippen LogP contribution in [0.5, 0.6) is 0 Å². The second-order valence-electron chi connectivity index (χ2n) is 7.14. The number of aryl methyl sites for hydroxylation is 1. The average Bonchev–Trinajstić information content (AvgIpc) is 2.27. The van der Waals surface area contributed by atoms with Crippen LogP contribution in [0.4, 0.5) is 0 Å². The third kappa shape index (κ3) is 3.39. The van der Waals surface area contributed by atoms with Crippen LogP contribution in [0.2, 0.25) is 0 Å². The molecule has 1 saturated carbocycles. The number of aliphatic hydroxyl groups excluding tert-OH is 1. The van der Waals surface area contributed by atoms with Crippen LogP contribution in [-0.4, -0.2) is 11.2 Å². The van der Waals surface area contributed by atoms with Gasteiger partial charge in [-0.2, -0.15) is 0 Å². The molecule has 1 aliphatic rings. The molecule has 0 saturated heterocycles. The predicted molar refractivity (Wildman–Crippen MR) is 81.2 cm³/mol. The summed E-state index contributed by atoms with van der Waals surface area (Å²) in [5.74, 6) is 1.05. The van der Waals surface area contributed by atoms with Crippen LogP contribution in [0.25, 0.3) is 0 Å². The van der Waals surface area contributed by atoms with Crippen molar-refractivity contribution in [2.24, 2.45) is 17.3 Å². The topological polar surface area (TPSA) is 20.2 Å². The molecular weight excluding hydrogens is 232 g/mol. The highest BCUT2D eigenvalue weighted by Crippen LogP contribution is 2.46. The Hall–Kier alpha value is -0.820. The Kier molecular flexibility index (Phi) is 4.35. The molecule has 1 aromatic rings. The average molecular weight is 260 g/mol. The van der Waals surface area contributed by atoms with Gasteiger partial charge >= 0.3 is 0 Å². The first-order valence-electron chi connectivity index (χ1n) is 7.64. The molecule has 19 heavy (non-hydrogen) atoms. The van der Waals surface area contributed by atoms with Gasteiger partial charge in [0.05, 0.1) is 6.10 Å². The van der Waals surface area contributed by atoms with Gasteiger partial charge in [-0.1, -0.05) is 63.4 Å². The fourth-order valence-electron chi connectivity index (χ4n) is 4.10. The number of rotatable bonds is 3. The second-order valence-corrected chi connectivity index (χ2v) is 7.14. The lowest BCUT2D eigenvalue weighted by Crippen LogP contribution is -2.42. The number of hydrogen-bond acceptors (Lipinski definition) is 1. The smallest absolute Gasteiger partial charge is 0.0616 e. The highest BCUT2D eigenvalue weighted by Gasteiger charge is 2.40. The van der Waals surface area contributed by atoms with Crippen LogP contribution in [0.15, 0.2) is 24.3 Å². The zero-order chi connectivity index (χ0) is 14.0.